The molecule has 0 aliphatic heterocycles. The van der Waals surface area contributed by atoms with E-state index in [1.165, 1.54) is 30.5 Å². The van der Waals surface area contributed by atoms with Crippen LogP contribution in [-0.4, -0.2) is 27.3 Å². The molecule has 42 heavy (non-hydrogen) atoms. The summed E-state index contributed by atoms with van der Waals surface area (Å²) in [4.78, 5) is 38.5. The van der Waals surface area contributed by atoms with Crippen LogP contribution in [0.15, 0.2) is 91.3 Å². The van der Waals surface area contributed by atoms with Crippen LogP contribution in [0.25, 0.3) is 16.6 Å². The van der Waals surface area contributed by atoms with E-state index in [0.717, 1.165) is 23.1 Å². The number of ether oxygens (including phenoxy) is 1. The Balaban J connectivity index is 1.38. The first-order valence-electron chi connectivity index (χ1n) is 12.9. The molecule has 0 unspecified atom stereocenters. The molecule has 9 nitrogen and oxygen atoms in total. The summed E-state index contributed by atoms with van der Waals surface area (Å²) in [7, 11) is 0. The molecule has 0 spiro atoms. The van der Waals surface area contributed by atoms with E-state index < -0.39 is 34.8 Å². The summed E-state index contributed by atoms with van der Waals surface area (Å²) in [6.07, 6.45) is 3.73. The van der Waals surface area contributed by atoms with Crippen LogP contribution in [0.5, 0.6) is 11.5 Å². The van der Waals surface area contributed by atoms with Gasteiger partial charge in [-0.3, -0.25) is 19.3 Å². The predicted molar refractivity (Wildman–Crippen MR) is 150 cm³/mol. The van der Waals surface area contributed by atoms with E-state index in [9.17, 15) is 18.8 Å². The molecular weight excluding hydrogens is 544 g/mol. The van der Waals surface area contributed by atoms with Crippen LogP contribution >= 0.6 is 0 Å². The van der Waals surface area contributed by atoms with Crippen LogP contribution in [0, 0.1) is 17.0 Å². The maximum Gasteiger partial charge on any atom is 0.248 e. The van der Waals surface area contributed by atoms with Crippen molar-refractivity contribution < 1.29 is 27.9 Å². The lowest BCUT2D eigenvalue weighted by Crippen LogP contribution is -2.41. The number of rotatable bonds is 8. The number of nitrogens with two attached hydrogens (primary N) is 2. The van der Waals surface area contributed by atoms with Crippen LogP contribution in [-0.2, 0) is 9.59 Å². The van der Waals surface area contributed by atoms with Gasteiger partial charge >= 0.3 is 0 Å². The lowest BCUT2D eigenvalue weighted by molar-refractivity contribution is -0.133. The highest BCUT2D eigenvalue weighted by Crippen LogP contribution is 2.49. The highest BCUT2D eigenvalue weighted by atomic mass is 19.1. The largest absolute Gasteiger partial charge is 0.452 e. The number of nitrogens with zero attached hydrogens (tertiary/aromatic N) is 3. The Morgan fingerprint density at radius 2 is 1.62 bits per heavy atom. The average molecular weight is 568 g/mol. The van der Waals surface area contributed by atoms with Crippen LogP contribution in [0.4, 0.5) is 20.2 Å². The minimum atomic E-state index is -1.40. The molecule has 0 saturated heterocycles. The minimum Gasteiger partial charge on any atom is -0.452 e. The summed E-state index contributed by atoms with van der Waals surface area (Å²) in [6, 6.07) is 19.1. The van der Waals surface area contributed by atoms with Crippen LogP contribution in [0.3, 0.4) is 0 Å². The smallest absolute Gasteiger partial charge is 0.248 e. The highest BCUT2D eigenvalue weighted by Gasteiger charge is 2.57. The van der Waals surface area contributed by atoms with Crippen molar-refractivity contribution in [2.45, 2.75) is 12.8 Å². The number of fused-ring (bicyclic) bond motifs is 1. The molecular formula is C31H23F2N5O4. The van der Waals surface area contributed by atoms with Gasteiger partial charge in [0.1, 0.15) is 16.7 Å². The van der Waals surface area contributed by atoms with Gasteiger partial charge in [-0.2, -0.15) is 5.10 Å². The normalized spacial score (nSPS) is 13.5. The van der Waals surface area contributed by atoms with Gasteiger partial charge in [0, 0.05) is 35.1 Å². The van der Waals surface area contributed by atoms with Crippen LogP contribution < -0.4 is 21.1 Å². The zero-order valence-electron chi connectivity index (χ0n) is 22.0. The fraction of sp³-hybridized carbons (Fsp3) is 0.0968. The first kappa shape index (κ1) is 26.6. The van der Waals surface area contributed by atoms with Gasteiger partial charge in [-0.05, 0) is 73.0 Å². The Morgan fingerprint density at radius 3 is 2.29 bits per heavy atom. The molecule has 3 amide bonds. The summed E-state index contributed by atoms with van der Waals surface area (Å²) >= 11 is 0. The Bertz CT molecular complexity index is 1880. The van der Waals surface area contributed by atoms with Crippen molar-refractivity contribution in [2.24, 2.45) is 16.9 Å². The van der Waals surface area contributed by atoms with Crippen LogP contribution in [0.1, 0.15) is 23.2 Å². The molecule has 6 rings (SSSR count). The molecule has 1 fully saturated rings. The number of anilines is 2. The Hall–Kier alpha value is -5.58. The molecule has 0 radical (unpaired) electrons. The number of hydrogen-bond donors (Lipinski definition) is 2. The standard InChI is InChI=1S/C31H23F2N5O4/c32-20-4-6-21(7-5-20)38(30(41)31(12-13-31)29(35)40)22-8-9-25(24(33)17-22)42-26-10-14-36-37-15-11-23(27(26)37)18-2-1-3-19(16-18)28(34)39/h1-11,14-17H,12-13H2,(H2,34,39)(H2,35,40). The second kappa shape index (κ2) is 10.1. The summed E-state index contributed by atoms with van der Waals surface area (Å²) in [5.74, 6) is -3.16. The number of benzene rings is 3. The predicted octanol–water partition coefficient (Wildman–Crippen LogP) is 5.10. The fourth-order valence-corrected chi connectivity index (χ4v) is 4.88. The van der Waals surface area contributed by atoms with Gasteiger partial charge in [0.15, 0.2) is 17.3 Å². The Morgan fingerprint density at radius 1 is 0.881 bits per heavy atom. The third-order valence-electron chi connectivity index (χ3n) is 7.29. The number of carbonyl (C=O) groups is 3. The molecule has 4 N–H and O–H groups in total. The molecule has 210 valence electrons. The molecule has 5 aromatic rings. The number of amides is 3. The van der Waals surface area contributed by atoms with E-state index in [0.29, 0.717) is 22.2 Å². The summed E-state index contributed by atoms with van der Waals surface area (Å²) < 4.78 is 36.8. The van der Waals surface area contributed by atoms with Crippen molar-refractivity contribution in [2.75, 3.05) is 4.90 Å². The van der Waals surface area contributed by atoms with Crippen molar-refractivity contribution >= 4 is 34.6 Å². The maximum absolute atomic E-state index is 15.6. The number of primary amides is 2. The van der Waals surface area contributed by atoms with Crippen molar-refractivity contribution in [1.29, 1.82) is 0 Å². The van der Waals surface area contributed by atoms with E-state index in [-0.39, 0.29) is 35.7 Å². The van der Waals surface area contributed by atoms with E-state index in [2.05, 4.69) is 5.10 Å². The van der Waals surface area contributed by atoms with Gasteiger partial charge in [0.05, 0.1) is 11.9 Å². The third-order valence-corrected chi connectivity index (χ3v) is 7.29. The maximum atomic E-state index is 15.6. The average Bonchev–Trinajstić information content (AvgIpc) is 3.69. The van der Waals surface area contributed by atoms with Crippen molar-refractivity contribution in [3.63, 3.8) is 0 Å². The Kier molecular flexibility index (Phi) is 6.41. The van der Waals surface area contributed by atoms with Crippen molar-refractivity contribution in [3.8, 4) is 22.6 Å². The first-order valence-corrected chi connectivity index (χ1v) is 12.9. The second-order valence-electron chi connectivity index (χ2n) is 9.94. The van der Waals surface area contributed by atoms with E-state index in [4.69, 9.17) is 16.2 Å². The summed E-state index contributed by atoms with van der Waals surface area (Å²) in [6.45, 7) is 0. The van der Waals surface area contributed by atoms with Crippen molar-refractivity contribution in [1.82, 2.24) is 9.61 Å². The Labute approximate surface area is 237 Å². The van der Waals surface area contributed by atoms with Gasteiger partial charge in [0.25, 0.3) is 0 Å². The van der Waals surface area contributed by atoms with Crippen molar-refractivity contribution in [3.05, 3.63) is 108 Å². The van der Waals surface area contributed by atoms with E-state index >= 15 is 4.39 Å². The van der Waals surface area contributed by atoms with Gasteiger partial charge in [-0.1, -0.05) is 12.1 Å². The molecule has 2 heterocycles. The molecule has 1 aliphatic carbocycles. The highest BCUT2D eigenvalue weighted by molar-refractivity contribution is 6.16. The van der Waals surface area contributed by atoms with Gasteiger partial charge in [-0.25, -0.2) is 13.3 Å². The molecule has 2 aromatic heterocycles. The van der Waals surface area contributed by atoms with Crippen LogP contribution in [0.2, 0.25) is 0 Å². The number of aromatic nitrogens is 2. The first-order chi connectivity index (χ1) is 20.2. The lowest BCUT2D eigenvalue weighted by atomic mass is 10.0. The summed E-state index contributed by atoms with van der Waals surface area (Å²) in [5, 5.41) is 4.29. The molecule has 11 heteroatoms. The second-order valence-corrected chi connectivity index (χ2v) is 9.94. The molecule has 3 aromatic carbocycles. The zero-order valence-corrected chi connectivity index (χ0v) is 22.0. The number of hydrogen-bond acceptors (Lipinski definition) is 5. The molecule has 0 atom stereocenters. The molecule has 1 saturated carbocycles. The fourth-order valence-electron chi connectivity index (χ4n) is 4.88. The SMILES string of the molecule is NC(=O)c1cccc(-c2ccn3nccc(Oc4ccc(N(C(=O)C5(C(N)=O)CC5)c5ccc(F)cc5)cc4F)c23)c1. The van der Waals surface area contributed by atoms with Gasteiger partial charge in [0.2, 0.25) is 17.7 Å². The number of carbonyl (C=O) groups excluding carboxylic acids is 3. The summed E-state index contributed by atoms with van der Waals surface area (Å²) in [5.41, 5.74) is 12.1. The third kappa shape index (κ3) is 4.60. The number of halogens is 2. The monoisotopic (exact) mass is 567 g/mol. The van der Waals surface area contributed by atoms with Gasteiger partial charge in [-0.15, -0.1) is 0 Å². The quantitative estimate of drug-likeness (QED) is 0.252. The molecule has 0 bridgehead atoms. The lowest BCUT2D eigenvalue weighted by Gasteiger charge is -2.26. The molecule has 1 aliphatic rings. The van der Waals surface area contributed by atoms with E-state index in [1.54, 1.807) is 47.1 Å². The van der Waals surface area contributed by atoms with Gasteiger partial charge < -0.3 is 16.2 Å². The van der Waals surface area contributed by atoms with E-state index in [1.807, 2.05) is 0 Å². The minimum absolute atomic E-state index is 0.107. The topological polar surface area (TPSA) is 133 Å². The zero-order chi connectivity index (χ0) is 29.6.